The Morgan fingerprint density at radius 2 is 2.17 bits per heavy atom. The van der Waals surface area contributed by atoms with Crippen LogP contribution in [0.15, 0.2) is 12.1 Å². The summed E-state index contributed by atoms with van der Waals surface area (Å²) in [5.41, 5.74) is 1.64. The maximum Gasteiger partial charge on any atom is 0.137 e. The molecule has 1 saturated carbocycles. The third-order valence-corrected chi connectivity index (χ3v) is 6.97. The van der Waals surface area contributed by atoms with Crippen molar-refractivity contribution in [1.82, 2.24) is 4.90 Å². The van der Waals surface area contributed by atoms with Crippen molar-refractivity contribution >= 4 is 0 Å². The van der Waals surface area contributed by atoms with Crippen LogP contribution in [-0.2, 0) is 18.4 Å². The fraction of sp³-hybridized carbons (Fsp3) is 0.667. The maximum absolute atomic E-state index is 11.8. The summed E-state index contributed by atoms with van der Waals surface area (Å²) in [6, 6.07) is 4.06. The highest BCUT2D eigenvalue weighted by molar-refractivity contribution is 5.60. The topological polar surface area (TPSA) is 73.2 Å². The first-order chi connectivity index (χ1) is 11.0. The lowest BCUT2D eigenvalue weighted by molar-refractivity contribution is -0.204. The fourth-order valence-corrected chi connectivity index (χ4v) is 5.92. The highest BCUT2D eigenvalue weighted by Gasteiger charge is 2.72. The van der Waals surface area contributed by atoms with Crippen LogP contribution in [0.4, 0.5) is 0 Å². The molecule has 23 heavy (non-hydrogen) atoms. The second-order valence-electron chi connectivity index (χ2n) is 7.74. The van der Waals surface area contributed by atoms with Crippen molar-refractivity contribution in [2.75, 3.05) is 13.6 Å². The molecule has 0 radical (unpaired) electrons. The Morgan fingerprint density at radius 1 is 1.35 bits per heavy atom. The van der Waals surface area contributed by atoms with Crippen molar-refractivity contribution in [3.05, 3.63) is 28.8 Å². The molecule has 4 aliphatic rings. The van der Waals surface area contributed by atoms with Crippen molar-refractivity contribution in [2.24, 2.45) is 0 Å². The SMILES string of the molecule is CN1CC[C@]23c4c5ccc(CO)c4O[C@H]2[C@@H](O)CC[C@@]3(O)C1C5. The van der Waals surface area contributed by atoms with Gasteiger partial charge in [-0.2, -0.15) is 0 Å². The van der Waals surface area contributed by atoms with Gasteiger partial charge in [-0.1, -0.05) is 12.1 Å². The Hall–Kier alpha value is -1.14. The summed E-state index contributed by atoms with van der Waals surface area (Å²) in [6.07, 6.45) is 1.78. The highest BCUT2D eigenvalue weighted by Crippen LogP contribution is 2.64. The number of rotatable bonds is 1. The molecular formula is C18H23NO4. The smallest absolute Gasteiger partial charge is 0.137 e. The standard InChI is InChI=1S/C18H23NO4/c1-19-7-6-17-14-10-2-3-11(9-20)15(14)23-16(17)12(21)4-5-18(17,22)13(19)8-10/h2-3,12-13,16,20-22H,4-9H2,1H3/t12-,13?,16-,17-,18+/m0/s1. The lowest BCUT2D eigenvalue weighted by Gasteiger charge is -2.63. The van der Waals surface area contributed by atoms with Gasteiger partial charge in [-0.15, -0.1) is 0 Å². The number of nitrogens with zero attached hydrogens (tertiary/aromatic N) is 1. The van der Waals surface area contributed by atoms with Crippen molar-refractivity contribution in [3.8, 4) is 5.75 Å². The first-order valence-corrected chi connectivity index (χ1v) is 8.56. The Kier molecular flexibility index (Phi) is 2.65. The Bertz CT molecular complexity index is 692. The third kappa shape index (κ3) is 1.40. The van der Waals surface area contributed by atoms with Gasteiger partial charge in [-0.25, -0.2) is 0 Å². The van der Waals surface area contributed by atoms with E-state index < -0.39 is 23.2 Å². The first-order valence-electron chi connectivity index (χ1n) is 8.56. The lowest BCUT2D eigenvalue weighted by atomic mass is 9.48. The largest absolute Gasteiger partial charge is 0.486 e. The predicted octanol–water partition coefficient (Wildman–Crippen LogP) is 0.324. The van der Waals surface area contributed by atoms with Crippen LogP contribution in [0.2, 0.25) is 0 Å². The van der Waals surface area contributed by atoms with Gasteiger partial charge >= 0.3 is 0 Å². The van der Waals surface area contributed by atoms with Gasteiger partial charge in [-0.05, 0) is 44.8 Å². The fourth-order valence-electron chi connectivity index (χ4n) is 5.92. The zero-order valence-corrected chi connectivity index (χ0v) is 13.3. The molecule has 2 fully saturated rings. The number of aliphatic hydroxyl groups is 3. The van der Waals surface area contributed by atoms with Crippen LogP contribution in [0.1, 0.15) is 36.0 Å². The predicted molar refractivity (Wildman–Crippen MR) is 83.4 cm³/mol. The molecule has 5 heteroatoms. The minimum Gasteiger partial charge on any atom is -0.486 e. The summed E-state index contributed by atoms with van der Waals surface area (Å²) >= 11 is 0. The van der Waals surface area contributed by atoms with E-state index >= 15 is 0 Å². The van der Waals surface area contributed by atoms with E-state index in [-0.39, 0.29) is 12.6 Å². The Morgan fingerprint density at radius 3 is 2.96 bits per heavy atom. The number of hydrogen-bond acceptors (Lipinski definition) is 5. The molecule has 2 aliphatic heterocycles. The van der Waals surface area contributed by atoms with Crippen molar-refractivity contribution in [1.29, 1.82) is 0 Å². The van der Waals surface area contributed by atoms with Crippen LogP contribution in [-0.4, -0.2) is 57.7 Å². The molecule has 2 heterocycles. The van der Waals surface area contributed by atoms with E-state index in [9.17, 15) is 15.3 Å². The minimum absolute atomic E-state index is 0.0632. The average Bonchev–Trinajstić information content (AvgIpc) is 2.90. The molecule has 5 rings (SSSR count). The van der Waals surface area contributed by atoms with Crippen molar-refractivity contribution in [2.45, 2.75) is 61.6 Å². The molecule has 3 N–H and O–H groups in total. The second-order valence-corrected chi connectivity index (χ2v) is 7.74. The van der Waals surface area contributed by atoms with E-state index in [2.05, 4.69) is 18.0 Å². The van der Waals surface area contributed by atoms with Crippen LogP contribution in [0, 0.1) is 0 Å². The zero-order valence-electron chi connectivity index (χ0n) is 13.3. The van der Waals surface area contributed by atoms with Gasteiger partial charge in [-0.3, -0.25) is 0 Å². The molecule has 5 atom stereocenters. The van der Waals surface area contributed by atoms with E-state index in [1.807, 2.05) is 6.07 Å². The average molecular weight is 317 g/mol. The summed E-state index contributed by atoms with van der Waals surface area (Å²) in [5.74, 6) is 0.720. The molecule has 5 nitrogen and oxygen atoms in total. The van der Waals surface area contributed by atoms with E-state index in [1.54, 1.807) is 0 Å². The monoisotopic (exact) mass is 317 g/mol. The maximum atomic E-state index is 11.8. The number of piperidine rings is 1. The molecule has 1 unspecified atom stereocenters. The number of ether oxygens (including phenoxy) is 1. The number of aliphatic hydroxyl groups excluding tert-OH is 2. The summed E-state index contributed by atoms with van der Waals surface area (Å²) in [6.45, 7) is 0.811. The van der Waals surface area contributed by atoms with Crippen molar-refractivity contribution < 1.29 is 20.1 Å². The number of likely N-dealkylation sites (tertiary alicyclic amines) is 1. The van der Waals surface area contributed by atoms with Crippen molar-refractivity contribution in [3.63, 3.8) is 0 Å². The number of hydrogen-bond donors (Lipinski definition) is 3. The Labute approximate surface area is 135 Å². The van der Waals surface area contributed by atoms with E-state index in [1.165, 1.54) is 5.56 Å². The van der Waals surface area contributed by atoms with E-state index in [4.69, 9.17) is 4.74 Å². The van der Waals surface area contributed by atoms with Gasteiger partial charge in [0.1, 0.15) is 11.9 Å². The van der Waals surface area contributed by atoms with Crippen LogP contribution in [0.25, 0.3) is 0 Å². The molecule has 1 aromatic rings. The molecular weight excluding hydrogens is 294 g/mol. The molecule has 1 aromatic carbocycles. The highest BCUT2D eigenvalue weighted by atomic mass is 16.5. The summed E-state index contributed by atoms with van der Waals surface area (Å²) in [7, 11) is 2.08. The van der Waals surface area contributed by atoms with Crippen LogP contribution >= 0.6 is 0 Å². The molecule has 1 saturated heterocycles. The van der Waals surface area contributed by atoms with Gasteiger partial charge in [0, 0.05) is 17.2 Å². The molecule has 2 aliphatic carbocycles. The van der Waals surface area contributed by atoms with Gasteiger partial charge in [0.15, 0.2) is 0 Å². The van der Waals surface area contributed by atoms with E-state index in [0.717, 1.165) is 36.3 Å². The normalized spacial score (nSPS) is 43.9. The second kappa shape index (κ2) is 4.28. The van der Waals surface area contributed by atoms with Gasteiger partial charge in [0.05, 0.1) is 23.7 Å². The molecule has 124 valence electrons. The molecule has 0 aromatic heterocycles. The number of benzene rings is 1. The van der Waals surface area contributed by atoms with Crippen LogP contribution in [0.5, 0.6) is 5.75 Å². The number of likely N-dealkylation sites (N-methyl/N-ethyl adjacent to an activating group) is 1. The minimum atomic E-state index is -0.865. The lowest BCUT2D eigenvalue weighted by Crippen LogP contribution is -2.76. The molecule has 1 spiro atoms. The van der Waals surface area contributed by atoms with Gasteiger partial charge in [0.25, 0.3) is 0 Å². The summed E-state index contributed by atoms with van der Waals surface area (Å²) in [4.78, 5) is 2.26. The van der Waals surface area contributed by atoms with Crippen LogP contribution in [0.3, 0.4) is 0 Å². The van der Waals surface area contributed by atoms with Gasteiger partial charge in [0.2, 0.25) is 0 Å². The quantitative estimate of drug-likeness (QED) is 0.696. The molecule has 2 bridgehead atoms. The van der Waals surface area contributed by atoms with E-state index in [0.29, 0.717) is 12.8 Å². The third-order valence-electron chi connectivity index (χ3n) is 6.97. The van der Waals surface area contributed by atoms with Crippen LogP contribution < -0.4 is 4.74 Å². The zero-order chi connectivity index (χ0) is 16.0. The summed E-state index contributed by atoms with van der Waals surface area (Å²) in [5, 5.41) is 32.1. The molecule has 0 amide bonds. The Balaban J connectivity index is 1.84. The van der Waals surface area contributed by atoms with Gasteiger partial charge < -0.3 is 25.0 Å². The first kappa shape index (κ1) is 14.2. The summed E-state index contributed by atoms with van der Waals surface area (Å²) < 4.78 is 6.22.